The van der Waals surface area contributed by atoms with Gasteiger partial charge >= 0.3 is 0 Å². The Labute approximate surface area is 92.4 Å². The van der Waals surface area contributed by atoms with Crippen molar-refractivity contribution < 1.29 is 9.90 Å². The maximum Gasteiger partial charge on any atom is 0.179 e. The van der Waals surface area contributed by atoms with Gasteiger partial charge in [0, 0.05) is 24.1 Å². The topological polar surface area (TPSA) is 49.3 Å². The molecule has 1 aliphatic heterocycles. The lowest BCUT2D eigenvalue weighted by Gasteiger charge is -2.20. The Morgan fingerprint density at radius 1 is 1.53 bits per heavy atom. The fourth-order valence-electron chi connectivity index (χ4n) is 1.62. The first-order valence-electron chi connectivity index (χ1n) is 4.56. The van der Waals surface area contributed by atoms with Crippen molar-refractivity contribution in [2.24, 2.45) is 0 Å². The number of carbonyl (C=O) groups is 1. The predicted molar refractivity (Wildman–Crippen MR) is 58.5 cm³/mol. The summed E-state index contributed by atoms with van der Waals surface area (Å²) in [5.74, 6) is -0.204. The van der Waals surface area contributed by atoms with Crippen molar-refractivity contribution in [3.63, 3.8) is 0 Å². The van der Waals surface area contributed by atoms with E-state index < -0.39 is 0 Å². The number of Topliss-reactive ketones (excluding diaryl/α,β-unsaturated/α-hetero) is 1. The highest BCUT2D eigenvalue weighted by Gasteiger charge is 2.20. The van der Waals surface area contributed by atoms with Crippen molar-refractivity contribution in [3.05, 3.63) is 40.0 Å². The first kappa shape index (κ1) is 10.1. The summed E-state index contributed by atoms with van der Waals surface area (Å²) in [5.41, 5.74) is 1.82. The first-order valence-corrected chi connectivity index (χ1v) is 4.94. The lowest BCUT2D eigenvalue weighted by atomic mass is 10.00. The molecule has 4 heteroatoms. The second kappa shape index (κ2) is 3.59. The molecule has 1 aliphatic rings. The zero-order valence-corrected chi connectivity index (χ0v) is 8.93. The minimum atomic E-state index is -0.182. The summed E-state index contributed by atoms with van der Waals surface area (Å²) < 4.78 is 0. The molecule has 3 nitrogen and oxygen atoms in total. The molecule has 0 bridgehead atoms. The monoisotopic (exact) mass is 223 g/mol. The normalized spacial score (nSPS) is 14.5. The van der Waals surface area contributed by atoms with Gasteiger partial charge in [-0.25, -0.2) is 0 Å². The standard InChI is InChI=1S/C11H10ClNO2/c1-6(14)10-11(15)9-4-8(12)3-2-7(9)5-13-10/h2-4,13,15H,5H2,1H3. The van der Waals surface area contributed by atoms with E-state index >= 15 is 0 Å². The predicted octanol–water partition coefficient (Wildman–Crippen LogP) is 2.26. The molecule has 0 saturated heterocycles. The number of benzene rings is 1. The summed E-state index contributed by atoms with van der Waals surface area (Å²) in [4.78, 5) is 11.2. The second-order valence-corrected chi connectivity index (χ2v) is 3.87. The molecule has 0 aromatic heterocycles. The molecular formula is C11H10ClNO2. The summed E-state index contributed by atoms with van der Waals surface area (Å²) in [6.07, 6.45) is 0. The molecule has 1 aromatic rings. The minimum Gasteiger partial charge on any atom is -0.505 e. The van der Waals surface area contributed by atoms with E-state index in [-0.39, 0.29) is 17.2 Å². The molecule has 2 N–H and O–H groups in total. The number of ketones is 1. The lowest BCUT2D eigenvalue weighted by Crippen LogP contribution is -2.25. The van der Waals surface area contributed by atoms with Crippen LogP contribution in [0.5, 0.6) is 0 Å². The molecular weight excluding hydrogens is 214 g/mol. The van der Waals surface area contributed by atoms with E-state index in [1.54, 1.807) is 12.1 Å². The molecule has 0 fully saturated rings. The van der Waals surface area contributed by atoms with Gasteiger partial charge in [0.25, 0.3) is 0 Å². The molecule has 0 amide bonds. The van der Waals surface area contributed by atoms with Gasteiger partial charge in [-0.1, -0.05) is 17.7 Å². The molecule has 1 heterocycles. The summed E-state index contributed by atoms with van der Waals surface area (Å²) in [5, 5.41) is 13.3. The average Bonchev–Trinajstić information content (AvgIpc) is 2.19. The Kier molecular flexibility index (Phi) is 2.40. The molecule has 1 aromatic carbocycles. The van der Waals surface area contributed by atoms with Crippen molar-refractivity contribution >= 4 is 23.1 Å². The second-order valence-electron chi connectivity index (χ2n) is 3.43. The number of rotatable bonds is 1. The van der Waals surface area contributed by atoms with Gasteiger partial charge in [0.1, 0.15) is 11.5 Å². The first-order chi connectivity index (χ1) is 7.09. The fourth-order valence-corrected chi connectivity index (χ4v) is 1.79. The van der Waals surface area contributed by atoms with Gasteiger partial charge in [0.05, 0.1) is 0 Å². The van der Waals surface area contributed by atoms with E-state index in [1.165, 1.54) is 6.92 Å². The van der Waals surface area contributed by atoms with Crippen LogP contribution in [0, 0.1) is 0 Å². The van der Waals surface area contributed by atoms with Crippen molar-refractivity contribution in [2.75, 3.05) is 0 Å². The van der Waals surface area contributed by atoms with E-state index in [2.05, 4.69) is 5.32 Å². The van der Waals surface area contributed by atoms with Crippen molar-refractivity contribution in [2.45, 2.75) is 13.5 Å². The SMILES string of the molecule is CC(=O)C1=C(O)c2cc(Cl)ccc2CN1. The number of aliphatic hydroxyl groups is 1. The van der Waals surface area contributed by atoms with Gasteiger partial charge in [0.2, 0.25) is 0 Å². The fraction of sp³-hybridized carbons (Fsp3) is 0.182. The molecule has 2 rings (SSSR count). The van der Waals surface area contributed by atoms with E-state index in [1.807, 2.05) is 6.07 Å². The van der Waals surface area contributed by atoms with Gasteiger partial charge in [-0.05, 0) is 17.7 Å². The number of hydrogen-bond acceptors (Lipinski definition) is 3. The summed E-state index contributed by atoms with van der Waals surface area (Å²) in [6.45, 7) is 1.94. The largest absolute Gasteiger partial charge is 0.505 e. The third-order valence-electron chi connectivity index (χ3n) is 2.37. The maximum atomic E-state index is 11.2. The van der Waals surface area contributed by atoms with Crippen LogP contribution in [0.3, 0.4) is 0 Å². The zero-order chi connectivity index (χ0) is 11.0. The summed E-state index contributed by atoms with van der Waals surface area (Å²) >= 11 is 5.83. The molecule has 0 unspecified atom stereocenters. The van der Waals surface area contributed by atoms with Crippen LogP contribution in [0.25, 0.3) is 5.76 Å². The van der Waals surface area contributed by atoms with Crippen molar-refractivity contribution in [1.29, 1.82) is 0 Å². The highest BCUT2D eigenvalue weighted by atomic mass is 35.5. The highest BCUT2D eigenvalue weighted by molar-refractivity contribution is 6.30. The van der Waals surface area contributed by atoms with Gasteiger partial charge < -0.3 is 10.4 Å². The molecule has 78 valence electrons. The quantitative estimate of drug-likeness (QED) is 0.768. The third kappa shape index (κ3) is 1.70. The van der Waals surface area contributed by atoms with Crippen LogP contribution in [0.1, 0.15) is 18.1 Å². The molecule has 0 radical (unpaired) electrons. The number of nitrogens with one attached hydrogen (secondary N) is 1. The number of fused-ring (bicyclic) bond motifs is 1. The van der Waals surface area contributed by atoms with E-state index in [4.69, 9.17) is 11.6 Å². The van der Waals surface area contributed by atoms with Gasteiger partial charge in [-0.15, -0.1) is 0 Å². The smallest absolute Gasteiger partial charge is 0.179 e. The Morgan fingerprint density at radius 2 is 2.27 bits per heavy atom. The Balaban J connectivity index is 2.59. The van der Waals surface area contributed by atoms with E-state index in [9.17, 15) is 9.90 Å². The van der Waals surface area contributed by atoms with Crippen molar-refractivity contribution in [3.8, 4) is 0 Å². The molecule has 15 heavy (non-hydrogen) atoms. The Bertz CT molecular complexity index is 466. The summed E-state index contributed by atoms with van der Waals surface area (Å²) in [7, 11) is 0. The number of carbonyl (C=O) groups excluding carboxylic acids is 1. The maximum absolute atomic E-state index is 11.2. The van der Waals surface area contributed by atoms with Crippen LogP contribution in [-0.4, -0.2) is 10.9 Å². The number of halogens is 1. The lowest BCUT2D eigenvalue weighted by molar-refractivity contribution is -0.114. The Hall–Kier alpha value is -1.48. The highest BCUT2D eigenvalue weighted by Crippen LogP contribution is 2.27. The Morgan fingerprint density at radius 3 is 2.93 bits per heavy atom. The molecule has 0 aliphatic carbocycles. The molecule has 0 atom stereocenters. The minimum absolute atomic E-state index is 0.0220. The van der Waals surface area contributed by atoms with Gasteiger partial charge in [-0.2, -0.15) is 0 Å². The zero-order valence-electron chi connectivity index (χ0n) is 8.17. The van der Waals surface area contributed by atoms with E-state index in [0.29, 0.717) is 17.1 Å². The van der Waals surface area contributed by atoms with Crippen LogP contribution < -0.4 is 5.32 Å². The summed E-state index contributed by atoms with van der Waals surface area (Å²) in [6, 6.07) is 5.25. The van der Waals surface area contributed by atoms with Crippen LogP contribution in [-0.2, 0) is 11.3 Å². The van der Waals surface area contributed by atoms with Crippen molar-refractivity contribution in [1.82, 2.24) is 5.32 Å². The number of hydrogen-bond donors (Lipinski definition) is 2. The number of aliphatic hydroxyl groups excluding tert-OH is 1. The van der Waals surface area contributed by atoms with Gasteiger partial charge in [0.15, 0.2) is 5.78 Å². The number of allylic oxidation sites excluding steroid dienone is 1. The molecule has 0 spiro atoms. The van der Waals surface area contributed by atoms with Crippen LogP contribution in [0.4, 0.5) is 0 Å². The molecule has 0 saturated carbocycles. The van der Waals surface area contributed by atoms with Crippen LogP contribution in [0.2, 0.25) is 5.02 Å². The third-order valence-corrected chi connectivity index (χ3v) is 2.61. The van der Waals surface area contributed by atoms with Crippen LogP contribution >= 0.6 is 11.6 Å². The van der Waals surface area contributed by atoms with E-state index in [0.717, 1.165) is 5.56 Å². The van der Waals surface area contributed by atoms with Gasteiger partial charge in [-0.3, -0.25) is 4.79 Å². The average molecular weight is 224 g/mol. The van der Waals surface area contributed by atoms with Crippen LogP contribution in [0.15, 0.2) is 23.9 Å².